The fourth-order valence-corrected chi connectivity index (χ4v) is 5.11. The Labute approximate surface area is 169 Å². The number of hydrogen-bond acceptors (Lipinski definition) is 9. The zero-order valence-electron chi connectivity index (χ0n) is 15.8. The van der Waals surface area contributed by atoms with Crippen LogP contribution in [0.2, 0.25) is 0 Å². The molecule has 0 radical (unpaired) electrons. The number of anilines is 1. The Morgan fingerprint density at radius 1 is 1.20 bits per heavy atom. The number of hydrogen-bond donors (Lipinski definition) is 7. The van der Waals surface area contributed by atoms with Gasteiger partial charge in [0.2, 0.25) is 5.78 Å². The largest absolute Gasteiger partial charge is 0.508 e. The number of carbonyl (C=O) groups excluding carboxylic acids is 3. The summed E-state index contributed by atoms with van der Waals surface area (Å²) in [6.45, 7) is 1.61. The normalized spacial score (nSPS) is 33.2. The lowest BCUT2D eigenvalue weighted by Crippen LogP contribution is -2.63. The Bertz CT molecular complexity index is 1100. The first-order chi connectivity index (χ1) is 13.9. The summed E-state index contributed by atoms with van der Waals surface area (Å²) in [5.41, 5.74) is 7.30. The van der Waals surface area contributed by atoms with Gasteiger partial charge in [0.05, 0.1) is 11.7 Å². The molecule has 3 aliphatic rings. The molecule has 30 heavy (non-hydrogen) atoms. The molecule has 0 aromatic heterocycles. The molecule has 1 aromatic carbocycles. The van der Waals surface area contributed by atoms with E-state index in [2.05, 4.69) is 0 Å². The fraction of sp³-hybridized carbons (Fsp3) is 0.350. The first kappa shape index (κ1) is 19.9. The molecule has 5 atom stereocenters. The summed E-state index contributed by atoms with van der Waals surface area (Å²) >= 11 is 0. The SMILES string of the molecule is CC1c2c(N)ccc(O)c2C(O)=C2C(=O)[C@]3(O)C(O)=C(C(N)=O)C(=O)C[C@@H]3[C@@H](O)[C@@H]21. The van der Waals surface area contributed by atoms with Gasteiger partial charge in [-0.05, 0) is 23.6 Å². The van der Waals surface area contributed by atoms with Crippen molar-refractivity contribution >= 4 is 28.9 Å². The Kier molecular flexibility index (Phi) is 4.03. The van der Waals surface area contributed by atoms with Crippen molar-refractivity contribution in [2.45, 2.75) is 31.0 Å². The highest BCUT2D eigenvalue weighted by atomic mass is 16.4. The summed E-state index contributed by atoms with van der Waals surface area (Å²) in [7, 11) is 0. The van der Waals surface area contributed by atoms with E-state index in [1.54, 1.807) is 6.92 Å². The molecule has 1 unspecified atom stereocenters. The van der Waals surface area contributed by atoms with Crippen molar-refractivity contribution in [1.29, 1.82) is 0 Å². The number of aromatic hydroxyl groups is 1. The summed E-state index contributed by atoms with van der Waals surface area (Å²) < 4.78 is 0. The van der Waals surface area contributed by atoms with Crippen LogP contribution in [0.5, 0.6) is 5.75 Å². The fourth-order valence-electron chi connectivity index (χ4n) is 5.11. The van der Waals surface area contributed by atoms with Crippen LogP contribution in [0.1, 0.15) is 30.4 Å². The average molecular weight is 416 g/mol. The molecule has 158 valence electrons. The van der Waals surface area contributed by atoms with Crippen LogP contribution in [0.4, 0.5) is 5.69 Å². The van der Waals surface area contributed by atoms with Gasteiger partial charge in [0, 0.05) is 29.5 Å². The third-order valence-electron chi connectivity index (χ3n) is 6.51. The molecule has 4 rings (SSSR count). The number of benzene rings is 1. The first-order valence-electron chi connectivity index (χ1n) is 9.21. The van der Waals surface area contributed by atoms with Crippen LogP contribution >= 0.6 is 0 Å². The van der Waals surface area contributed by atoms with Gasteiger partial charge in [-0.2, -0.15) is 0 Å². The molecule has 1 fully saturated rings. The predicted molar refractivity (Wildman–Crippen MR) is 102 cm³/mol. The molecule has 0 spiro atoms. The highest BCUT2D eigenvalue weighted by molar-refractivity contribution is 6.23. The van der Waals surface area contributed by atoms with Crippen LogP contribution in [0.25, 0.3) is 5.76 Å². The van der Waals surface area contributed by atoms with Crippen LogP contribution in [0.15, 0.2) is 29.0 Å². The molecular formula is C20H20N2O8. The Morgan fingerprint density at radius 2 is 1.83 bits per heavy atom. The maximum Gasteiger partial charge on any atom is 0.255 e. The van der Waals surface area contributed by atoms with E-state index in [1.165, 1.54) is 12.1 Å². The number of nitrogen functional groups attached to an aromatic ring is 1. The second-order valence-electron chi connectivity index (χ2n) is 7.95. The van der Waals surface area contributed by atoms with Crippen molar-refractivity contribution in [3.05, 3.63) is 40.2 Å². The standard InChI is InChI=1S/C20H20N2O8/c1-5-10-7(21)2-3-8(23)12(10)16(26)14-11(5)15(25)6-4-9(24)13(19(22)29)17(27)20(6,30)18(14)28/h2-3,5-6,11,15,23,25-27,30H,4,21H2,1H3,(H2,22,29)/t5?,6-,11-,15-,20-/m1/s1. The number of nitrogens with two attached hydrogens (primary N) is 2. The van der Waals surface area contributed by atoms with E-state index < -0.39 is 76.0 Å². The lowest BCUT2D eigenvalue weighted by atomic mass is 9.55. The van der Waals surface area contributed by atoms with Crippen molar-refractivity contribution in [2.24, 2.45) is 17.6 Å². The lowest BCUT2D eigenvalue weighted by molar-refractivity contribution is -0.160. The molecular weight excluding hydrogens is 396 g/mol. The van der Waals surface area contributed by atoms with Gasteiger partial charge in [0.15, 0.2) is 11.4 Å². The van der Waals surface area contributed by atoms with E-state index in [-0.39, 0.29) is 17.0 Å². The van der Waals surface area contributed by atoms with Crippen molar-refractivity contribution in [3.63, 3.8) is 0 Å². The number of rotatable bonds is 1. The van der Waals surface area contributed by atoms with Crippen LogP contribution in [-0.4, -0.2) is 54.7 Å². The van der Waals surface area contributed by atoms with E-state index in [9.17, 15) is 39.9 Å². The van der Waals surface area contributed by atoms with Gasteiger partial charge in [-0.15, -0.1) is 0 Å². The number of aliphatic hydroxyl groups excluding tert-OH is 3. The first-order valence-corrected chi connectivity index (χ1v) is 9.21. The zero-order chi connectivity index (χ0) is 22.3. The van der Waals surface area contributed by atoms with Gasteiger partial charge in [-0.25, -0.2) is 0 Å². The topological polar surface area (TPSA) is 204 Å². The molecule has 10 heteroatoms. The highest BCUT2D eigenvalue weighted by Gasteiger charge is 2.65. The monoisotopic (exact) mass is 416 g/mol. The van der Waals surface area contributed by atoms with E-state index in [1.807, 2.05) is 0 Å². The molecule has 0 bridgehead atoms. The maximum atomic E-state index is 13.4. The minimum Gasteiger partial charge on any atom is -0.508 e. The highest BCUT2D eigenvalue weighted by Crippen LogP contribution is 2.56. The van der Waals surface area contributed by atoms with E-state index in [0.29, 0.717) is 5.56 Å². The van der Waals surface area contributed by atoms with Crippen molar-refractivity contribution in [1.82, 2.24) is 0 Å². The number of phenols is 1. The molecule has 0 saturated heterocycles. The maximum absolute atomic E-state index is 13.4. The van der Waals surface area contributed by atoms with Crippen molar-refractivity contribution < 1.29 is 39.9 Å². The second kappa shape index (κ2) is 6.07. The number of Topliss-reactive ketones (excluding diaryl/α,β-unsaturated/α-hetero) is 2. The summed E-state index contributed by atoms with van der Waals surface area (Å²) in [5, 5.41) is 53.8. The van der Waals surface area contributed by atoms with Crippen LogP contribution in [-0.2, 0) is 14.4 Å². The van der Waals surface area contributed by atoms with Crippen LogP contribution < -0.4 is 11.5 Å². The average Bonchev–Trinajstić information content (AvgIpc) is 2.66. The summed E-state index contributed by atoms with van der Waals surface area (Å²) in [6, 6.07) is 2.63. The number of fused-ring (bicyclic) bond motifs is 3. The third-order valence-corrected chi connectivity index (χ3v) is 6.51. The Hall–Kier alpha value is -3.37. The molecule has 3 aliphatic carbocycles. The van der Waals surface area contributed by atoms with Gasteiger partial charge in [0.25, 0.3) is 5.91 Å². The van der Waals surface area contributed by atoms with E-state index in [0.717, 1.165) is 0 Å². The van der Waals surface area contributed by atoms with Gasteiger partial charge in [0.1, 0.15) is 22.8 Å². The van der Waals surface area contributed by atoms with E-state index >= 15 is 0 Å². The Morgan fingerprint density at radius 3 is 2.43 bits per heavy atom. The van der Waals surface area contributed by atoms with Gasteiger partial charge in [-0.3, -0.25) is 14.4 Å². The molecule has 0 aliphatic heterocycles. The molecule has 9 N–H and O–H groups in total. The number of phenolic OH excluding ortho intramolecular Hbond substituents is 1. The number of amides is 1. The number of primary amides is 1. The molecule has 1 aromatic rings. The van der Waals surface area contributed by atoms with Gasteiger partial charge in [-0.1, -0.05) is 6.92 Å². The van der Waals surface area contributed by atoms with Crippen LogP contribution in [0, 0.1) is 11.8 Å². The van der Waals surface area contributed by atoms with Crippen molar-refractivity contribution in [2.75, 3.05) is 5.73 Å². The van der Waals surface area contributed by atoms with Gasteiger partial charge < -0.3 is 37.0 Å². The molecule has 1 amide bonds. The minimum atomic E-state index is -2.84. The van der Waals surface area contributed by atoms with E-state index in [4.69, 9.17) is 11.5 Å². The molecule has 10 nitrogen and oxygen atoms in total. The predicted octanol–water partition coefficient (Wildman–Crippen LogP) is -0.462. The molecule has 1 saturated carbocycles. The van der Waals surface area contributed by atoms with Crippen LogP contribution in [0.3, 0.4) is 0 Å². The summed E-state index contributed by atoms with van der Waals surface area (Å²) in [6.07, 6.45) is -2.19. The minimum absolute atomic E-state index is 0.123. The Balaban J connectivity index is 2.04. The number of aliphatic hydroxyl groups is 4. The quantitative estimate of drug-likeness (QED) is 0.179. The van der Waals surface area contributed by atoms with Crippen molar-refractivity contribution in [3.8, 4) is 5.75 Å². The lowest BCUT2D eigenvalue weighted by Gasteiger charge is -2.50. The third kappa shape index (κ3) is 2.17. The zero-order valence-corrected chi connectivity index (χ0v) is 15.8. The smallest absolute Gasteiger partial charge is 0.255 e. The molecule has 0 heterocycles. The van der Waals surface area contributed by atoms with Gasteiger partial charge >= 0.3 is 0 Å². The summed E-state index contributed by atoms with van der Waals surface area (Å²) in [4.78, 5) is 37.3. The second-order valence-corrected chi connectivity index (χ2v) is 7.95. The summed E-state index contributed by atoms with van der Waals surface area (Å²) in [5.74, 6) is -9.04. The number of ketones is 2. The number of carbonyl (C=O) groups is 3.